The molecular weight excluding hydrogens is 190 g/mol. The molecule has 0 heterocycles. The molecule has 0 aromatic heterocycles. The zero-order chi connectivity index (χ0) is 10.7. The van der Waals surface area contributed by atoms with Gasteiger partial charge in [-0.3, -0.25) is 4.79 Å². The third kappa shape index (κ3) is 2.35. The summed E-state index contributed by atoms with van der Waals surface area (Å²) in [7, 11) is 0. The molecular formula is C12H11NO2. The Morgan fingerprint density at radius 2 is 2.33 bits per heavy atom. The van der Waals surface area contributed by atoms with Gasteiger partial charge in [-0.15, -0.1) is 0 Å². The van der Waals surface area contributed by atoms with Crippen molar-refractivity contribution in [2.75, 3.05) is 6.61 Å². The van der Waals surface area contributed by atoms with Crippen LogP contribution < -0.4 is 4.74 Å². The van der Waals surface area contributed by atoms with Gasteiger partial charge in [-0.2, -0.15) is 5.26 Å². The van der Waals surface area contributed by atoms with Gasteiger partial charge in [0.2, 0.25) is 0 Å². The average Bonchev–Trinajstić information content (AvgIpc) is 3.10. The quantitative estimate of drug-likeness (QED) is 0.701. The Kier molecular flexibility index (Phi) is 2.68. The van der Waals surface area contributed by atoms with Crippen LogP contribution in [0.5, 0.6) is 5.75 Å². The molecule has 1 aromatic rings. The topological polar surface area (TPSA) is 50.1 Å². The number of carbonyl (C=O) groups excluding carboxylic acids is 1. The zero-order valence-electron chi connectivity index (χ0n) is 8.27. The van der Waals surface area contributed by atoms with Gasteiger partial charge in [0.25, 0.3) is 0 Å². The average molecular weight is 201 g/mol. The number of carbonyl (C=O) groups is 1. The highest BCUT2D eigenvalue weighted by atomic mass is 16.5. The summed E-state index contributed by atoms with van der Waals surface area (Å²) in [4.78, 5) is 10.8. The van der Waals surface area contributed by atoms with E-state index in [0.29, 0.717) is 29.4 Å². The van der Waals surface area contributed by atoms with Crippen molar-refractivity contribution >= 4 is 6.29 Å². The first-order valence-corrected chi connectivity index (χ1v) is 4.95. The van der Waals surface area contributed by atoms with Crippen LogP contribution in [0.1, 0.15) is 28.8 Å². The lowest BCUT2D eigenvalue weighted by molar-refractivity contribution is 0.111. The minimum absolute atomic E-state index is 0.453. The summed E-state index contributed by atoms with van der Waals surface area (Å²) in [5.74, 6) is 1.23. The first-order valence-electron chi connectivity index (χ1n) is 4.95. The molecule has 0 amide bonds. The Labute approximate surface area is 88.3 Å². The second-order valence-corrected chi connectivity index (χ2v) is 3.74. The molecule has 1 aliphatic carbocycles. The summed E-state index contributed by atoms with van der Waals surface area (Å²) < 4.78 is 5.51. The summed E-state index contributed by atoms with van der Waals surface area (Å²) in [5.41, 5.74) is 0.936. The Bertz CT molecular complexity index is 416. The molecule has 1 aliphatic rings. The number of benzene rings is 1. The van der Waals surface area contributed by atoms with Gasteiger partial charge in [0, 0.05) is 0 Å². The predicted molar refractivity (Wildman–Crippen MR) is 54.8 cm³/mol. The summed E-state index contributed by atoms with van der Waals surface area (Å²) in [6.07, 6.45) is 3.16. The van der Waals surface area contributed by atoms with Crippen LogP contribution in [0.25, 0.3) is 0 Å². The molecule has 2 rings (SSSR count). The molecule has 0 unspecified atom stereocenters. The highest BCUT2D eigenvalue weighted by Crippen LogP contribution is 2.30. The lowest BCUT2D eigenvalue weighted by atomic mass is 10.1. The maximum absolute atomic E-state index is 10.8. The van der Waals surface area contributed by atoms with Crippen molar-refractivity contribution in [2.45, 2.75) is 12.8 Å². The SMILES string of the molecule is N#Cc1ccc(OCC2CC2)c(C=O)c1. The molecule has 1 saturated carbocycles. The number of hydrogen-bond acceptors (Lipinski definition) is 3. The van der Waals surface area contributed by atoms with Crippen molar-refractivity contribution in [1.82, 2.24) is 0 Å². The van der Waals surface area contributed by atoms with Crippen LogP contribution >= 0.6 is 0 Å². The van der Waals surface area contributed by atoms with Crippen molar-refractivity contribution in [3.63, 3.8) is 0 Å². The first-order chi connectivity index (χ1) is 7.33. The van der Waals surface area contributed by atoms with E-state index in [-0.39, 0.29) is 0 Å². The van der Waals surface area contributed by atoms with E-state index in [4.69, 9.17) is 10.00 Å². The fraction of sp³-hybridized carbons (Fsp3) is 0.333. The second-order valence-electron chi connectivity index (χ2n) is 3.74. The molecule has 0 spiro atoms. The van der Waals surface area contributed by atoms with Gasteiger partial charge in [-0.25, -0.2) is 0 Å². The minimum Gasteiger partial charge on any atom is -0.493 e. The highest BCUT2D eigenvalue weighted by Gasteiger charge is 2.22. The summed E-state index contributed by atoms with van der Waals surface area (Å²) >= 11 is 0. The number of hydrogen-bond donors (Lipinski definition) is 0. The second kappa shape index (κ2) is 4.14. The predicted octanol–water partition coefficient (Wildman–Crippen LogP) is 2.16. The van der Waals surface area contributed by atoms with E-state index in [1.807, 2.05) is 6.07 Å². The van der Waals surface area contributed by atoms with E-state index < -0.39 is 0 Å². The van der Waals surface area contributed by atoms with Crippen molar-refractivity contribution < 1.29 is 9.53 Å². The van der Waals surface area contributed by atoms with Gasteiger partial charge >= 0.3 is 0 Å². The van der Waals surface area contributed by atoms with Crippen LogP contribution in [0.3, 0.4) is 0 Å². The van der Waals surface area contributed by atoms with Gasteiger partial charge in [0.15, 0.2) is 6.29 Å². The van der Waals surface area contributed by atoms with Crippen LogP contribution in [-0.4, -0.2) is 12.9 Å². The number of ether oxygens (including phenoxy) is 1. The summed E-state index contributed by atoms with van der Waals surface area (Å²) in [6.45, 7) is 0.673. The molecule has 76 valence electrons. The molecule has 0 atom stereocenters. The van der Waals surface area contributed by atoms with E-state index in [9.17, 15) is 4.79 Å². The van der Waals surface area contributed by atoms with E-state index in [1.54, 1.807) is 18.2 Å². The van der Waals surface area contributed by atoms with Crippen molar-refractivity contribution in [3.8, 4) is 11.8 Å². The lowest BCUT2D eigenvalue weighted by Crippen LogP contribution is -2.01. The Hall–Kier alpha value is -1.82. The highest BCUT2D eigenvalue weighted by molar-refractivity contribution is 5.80. The molecule has 0 N–H and O–H groups in total. The summed E-state index contributed by atoms with van der Waals surface area (Å²) in [6, 6.07) is 6.89. The third-order valence-corrected chi connectivity index (χ3v) is 2.44. The van der Waals surface area contributed by atoms with Gasteiger partial charge in [0.1, 0.15) is 5.75 Å². The van der Waals surface area contributed by atoms with Crippen molar-refractivity contribution in [1.29, 1.82) is 5.26 Å². The molecule has 0 aliphatic heterocycles. The smallest absolute Gasteiger partial charge is 0.153 e. The lowest BCUT2D eigenvalue weighted by Gasteiger charge is -2.07. The molecule has 3 heteroatoms. The molecule has 0 bridgehead atoms. The minimum atomic E-state index is 0.453. The van der Waals surface area contributed by atoms with Crippen LogP contribution in [0.4, 0.5) is 0 Å². The van der Waals surface area contributed by atoms with Crippen LogP contribution in [-0.2, 0) is 0 Å². The van der Waals surface area contributed by atoms with Gasteiger partial charge in [-0.05, 0) is 37.0 Å². The Morgan fingerprint density at radius 3 is 2.93 bits per heavy atom. The first kappa shape index (κ1) is 9.72. The van der Waals surface area contributed by atoms with E-state index in [2.05, 4.69) is 0 Å². The summed E-state index contributed by atoms with van der Waals surface area (Å²) in [5, 5.41) is 8.67. The molecule has 0 saturated heterocycles. The molecule has 1 aromatic carbocycles. The normalized spacial score (nSPS) is 14.3. The van der Waals surface area contributed by atoms with Gasteiger partial charge < -0.3 is 4.74 Å². The largest absolute Gasteiger partial charge is 0.493 e. The Morgan fingerprint density at radius 1 is 1.53 bits per heavy atom. The molecule has 0 radical (unpaired) electrons. The number of nitrogens with zero attached hydrogens (tertiary/aromatic N) is 1. The fourth-order valence-electron chi connectivity index (χ4n) is 1.33. The Balaban J connectivity index is 2.14. The van der Waals surface area contributed by atoms with E-state index in [0.717, 1.165) is 6.29 Å². The molecule has 15 heavy (non-hydrogen) atoms. The molecule has 3 nitrogen and oxygen atoms in total. The van der Waals surface area contributed by atoms with Gasteiger partial charge in [0.05, 0.1) is 23.8 Å². The maximum Gasteiger partial charge on any atom is 0.153 e. The third-order valence-electron chi connectivity index (χ3n) is 2.44. The van der Waals surface area contributed by atoms with Crippen LogP contribution in [0.2, 0.25) is 0 Å². The zero-order valence-corrected chi connectivity index (χ0v) is 8.27. The number of nitriles is 1. The maximum atomic E-state index is 10.8. The number of aldehydes is 1. The number of rotatable bonds is 4. The fourth-order valence-corrected chi connectivity index (χ4v) is 1.33. The van der Waals surface area contributed by atoms with E-state index >= 15 is 0 Å². The standard InChI is InChI=1S/C12H11NO2/c13-6-10-3-4-12(11(5-10)7-14)15-8-9-1-2-9/h3-5,7,9H,1-2,8H2. The van der Waals surface area contributed by atoms with E-state index in [1.165, 1.54) is 12.8 Å². The van der Waals surface area contributed by atoms with Crippen LogP contribution in [0.15, 0.2) is 18.2 Å². The van der Waals surface area contributed by atoms with Crippen LogP contribution in [0, 0.1) is 17.2 Å². The van der Waals surface area contributed by atoms with Crippen molar-refractivity contribution in [3.05, 3.63) is 29.3 Å². The van der Waals surface area contributed by atoms with Crippen molar-refractivity contribution in [2.24, 2.45) is 5.92 Å². The van der Waals surface area contributed by atoms with Gasteiger partial charge in [-0.1, -0.05) is 0 Å². The molecule has 1 fully saturated rings. The monoisotopic (exact) mass is 201 g/mol.